The molecular weight excluding hydrogens is 324 g/mol. The summed E-state index contributed by atoms with van der Waals surface area (Å²) in [6.07, 6.45) is -2.61. The maximum Gasteiger partial charge on any atom is 0.262 e. The molecule has 0 saturated heterocycles. The van der Waals surface area contributed by atoms with E-state index in [4.69, 9.17) is 0 Å². The van der Waals surface area contributed by atoms with E-state index in [9.17, 15) is 13.3 Å². The Labute approximate surface area is 118 Å². The lowest BCUT2D eigenvalue weighted by Crippen LogP contribution is -2.43. The SMILES string of the molecule is CC(C)(C)[S@@+]([O-])N[C@@H](c1ccc(Br)cc1)C(F)F. The number of halogens is 3. The normalized spacial score (nSPS) is 15.8. The van der Waals surface area contributed by atoms with Crippen molar-refractivity contribution in [3.63, 3.8) is 0 Å². The highest BCUT2D eigenvalue weighted by Crippen LogP contribution is 2.26. The fraction of sp³-hybridized carbons (Fsp3) is 0.500. The molecule has 1 aromatic rings. The van der Waals surface area contributed by atoms with Gasteiger partial charge in [0.1, 0.15) is 10.8 Å². The predicted molar refractivity (Wildman–Crippen MR) is 73.9 cm³/mol. The Bertz CT molecular complexity index is 381. The van der Waals surface area contributed by atoms with Crippen LogP contribution < -0.4 is 4.72 Å². The van der Waals surface area contributed by atoms with Gasteiger partial charge in [0, 0.05) is 15.8 Å². The Kier molecular flexibility index (Phi) is 5.58. The maximum atomic E-state index is 13.0. The zero-order valence-electron chi connectivity index (χ0n) is 10.4. The van der Waals surface area contributed by atoms with Gasteiger partial charge in [-0.05, 0) is 38.5 Å². The minimum absolute atomic E-state index is 0.422. The minimum atomic E-state index is -2.61. The average Bonchev–Trinajstić information content (AvgIpc) is 2.25. The lowest BCUT2D eigenvalue weighted by molar-refractivity contribution is 0.109. The van der Waals surface area contributed by atoms with Gasteiger partial charge in [0.15, 0.2) is 0 Å². The monoisotopic (exact) mass is 339 g/mol. The fourth-order valence-electron chi connectivity index (χ4n) is 1.23. The lowest BCUT2D eigenvalue weighted by atomic mass is 10.1. The molecule has 0 amide bonds. The van der Waals surface area contributed by atoms with Crippen LogP contribution in [0.4, 0.5) is 8.78 Å². The molecule has 0 spiro atoms. The van der Waals surface area contributed by atoms with Crippen molar-refractivity contribution < 1.29 is 13.3 Å². The molecule has 0 aliphatic carbocycles. The zero-order chi connectivity index (χ0) is 13.9. The van der Waals surface area contributed by atoms with Gasteiger partial charge in [-0.25, -0.2) is 8.78 Å². The fourth-order valence-corrected chi connectivity index (χ4v) is 2.31. The molecule has 1 rings (SSSR count). The van der Waals surface area contributed by atoms with Gasteiger partial charge in [0.05, 0.1) is 0 Å². The second-order valence-corrected chi connectivity index (χ2v) is 7.78. The molecule has 0 saturated carbocycles. The van der Waals surface area contributed by atoms with E-state index in [-0.39, 0.29) is 0 Å². The van der Waals surface area contributed by atoms with E-state index in [0.29, 0.717) is 5.56 Å². The van der Waals surface area contributed by atoms with Crippen molar-refractivity contribution >= 4 is 27.3 Å². The zero-order valence-corrected chi connectivity index (χ0v) is 12.8. The molecule has 0 radical (unpaired) electrons. The van der Waals surface area contributed by atoms with Crippen LogP contribution in [0, 0.1) is 0 Å². The summed E-state index contributed by atoms with van der Waals surface area (Å²) in [6, 6.07) is 5.33. The van der Waals surface area contributed by atoms with E-state index in [1.54, 1.807) is 45.0 Å². The van der Waals surface area contributed by atoms with Crippen LogP contribution in [0.2, 0.25) is 0 Å². The maximum absolute atomic E-state index is 13.0. The van der Waals surface area contributed by atoms with E-state index in [2.05, 4.69) is 20.7 Å². The van der Waals surface area contributed by atoms with Crippen LogP contribution >= 0.6 is 15.9 Å². The van der Waals surface area contributed by atoms with Gasteiger partial charge >= 0.3 is 0 Å². The van der Waals surface area contributed by atoms with Gasteiger partial charge in [0.2, 0.25) is 0 Å². The first-order valence-electron chi connectivity index (χ1n) is 5.43. The van der Waals surface area contributed by atoms with Crippen molar-refractivity contribution in [1.82, 2.24) is 4.72 Å². The van der Waals surface area contributed by atoms with Crippen LogP contribution in [0.3, 0.4) is 0 Å². The number of benzene rings is 1. The molecule has 2 nitrogen and oxygen atoms in total. The van der Waals surface area contributed by atoms with Gasteiger partial charge in [-0.1, -0.05) is 28.1 Å². The average molecular weight is 340 g/mol. The Morgan fingerprint density at radius 1 is 1.22 bits per heavy atom. The molecule has 18 heavy (non-hydrogen) atoms. The molecule has 1 aromatic carbocycles. The lowest BCUT2D eigenvalue weighted by Gasteiger charge is -2.27. The van der Waals surface area contributed by atoms with Crippen molar-refractivity contribution in [3.8, 4) is 0 Å². The predicted octanol–water partition coefficient (Wildman–Crippen LogP) is 3.81. The Balaban J connectivity index is 2.87. The first-order valence-corrected chi connectivity index (χ1v) is 7.38. The van der Waals surface area contributed by atoms with Crippen molar-refractivity contribution in [3.05, 3.63) is 34.3 Å². The highest BCUT2D eigenvalue weighted by atomic mass is 79.9. The molecule has 0 unspecified atom stereocenters. The van der Waals surface area contributed by atoms with Crippen molar-refractivity contribution in [1.29, 1.82) is 0 Å². The molecule has 1 N–H and O–H groups in total. The summed E-state index contributed by atoms with van der Waals surface area (Å²) in [6.45, 7) is 5.21. The molecular formula is C12H16BrF2NOS. The topological polar surface area (TPSA) is 35.1 Å². The summed E-state index contributed by atoms with van der Waals surface area (Å²) in [7, 11) is 0. The van der Waals surface area contributed by atoms with E-state index in [1.165, 1.54) is 0 Å². The van der Waals surface area contributed by atoms with Crippen molar-refractivity contribution in [2.75, 3.05) is 0 Å². The molecule has 102 valence electrons. The Morgan fingerprint density at radius 2 is 1.72 bits per heavy atom. The molecule has 6 heteroatoms. The summed E-state index contributed by atoms with van der Waals surface area (Å²) in [4.78, 5) is 0. The van der Waals surface area contributed by atoms with E-state index in [1.807, 2.05) is 0 Å². The second kappa shape index (κ2) is 6.32. The van der Waals surface area contributed by atoms with Crippen LogP contribution in [0.5, 0.6) is 0 Å². The van der Waals surface area contributed by atoms with Crippen LogP contribution in [0.1, 0.15) is 32.4 Å². The van der Waals surface area contributed by atoms with E-state index < -0.39 is 28.6 Å². The summed E-state index contributed by atoms with van der Waals surface area (Å²) >= 11 is 1.71. The Morgan fingerprint density at radius 3 is 2.11 bits per heavy atom. The molecule has 0 aromatic heterocycles. The van der Waals surface area contributed by atoms with E-state index in [0.717, 1.165) is 4.47 Å². The van der Waals surface area contributed by atoms with Crippen LogP contribution in [-0.4, -0.2) is 15.7 Å². The second-order valence-electron chi connectivity index (χ2n) is 4.86. The first kappa shape index (κ1) is 15.9. The number of hydrogen-bond acceptors (Lipinski definition) is 2. The first-order chi connectivity index (χ1) is 8.21. The van der Waals surface area contributed by atoms with Gasteiger partial charge in [-0.2, -0.15) is 0 Å². The molecule has 2 atom stereocenters. The molecule has 0 aliphatic heterocycles. The third-order valence-corrected chi connectivity index (χ3v) is 4.38. The highest BCUT2D eigenvalue weighted by molar-refractivity contribution is 9.10. The van der Waals surface area contributed by atoms with Crippen LogP contribution in [0.25, 0.3) is 0 Å². The highest BCUT2D eigenvalue weighted by Gasteiger charge is 2.33. The molecule has 0 bridgehead atoms. The van der Waals surface area contributed by atoms with Crippen molar-refractivity contribution in [2.45, 2.75) is 38.0 Å². The van der Waals surface area contributed by atoms with Crippen molar-refractivity contribution in [2.24, 2.45) is 0 Å². The summed E-state index contributed by atoms with van der Waals surface area (Å²) in [5.74, 6) is 0. The van der Waals surface area contributed by atoms with Gasteiger partial charge in [-0.15, -0.1) is 4.72 Å². The molecule has 0 fully saturated rings. The quantitative estimate of drug-likeness (QED) is 0.846. The number of rotatable bonds is 4. The number of hydrogen-bond donors (Lipinski definition) is 1. The largest absolute Gasteiger partial charge is 0.598 e. The standard InChI is InChI=1S/C12H16BrF2NOS/c1-12(2,3)18(17)16-10(11(14)15)8-4-6-9(13)7-5-8/h4-7,10-11,16H,1-3H3/t10-,18+/m0/s1. The summed E-state index contributed by atoms with van der Waals surface area (Å²) < 4.78 is 40.7. The molecule has 0 aliphatic rings. The van der Waals surface area contributed by atoms with Crippen LogP contribution in [-0.2, 0) is 11.4 Å². The Hall–Kier alpha value is -0.170. The van der Waals surface area contributed by atoms with E-state index >= 15 is 0 Å². The van der Waals surface area contributed by atoms with Gasteiger partial charge in [-0.3, -0.25) is 0 Å². The molecule has 0 heterocycles. The smallest absolute Gasteiger partial charge is 0.262 e. The number of alkyl halides is 2. The summed E-state index contributed by atoms with van der Waals surface area (Å²) in [5.41, 5.74) is 0.422. The third kappa shape index (κ3) is 4.50. The van der Waals surface area contributed by atoms with Gasteiger partial charge < -0.3 is 4.55 Å². The third-order valence-electron chi connectivity index (χ3n) is 2.27. The summed E-state index contributed by atoms with van der Waals surface area (Å²) in [5, 5.41) is 0. The van der Waals surface area contributed by atoms with Gasteiger partial charge in [0.25, 0.3) is 6.43 Å². The minimum Gasteiger partial charge on any atom is -0.598 e. The van der Waals surface area contributed by atoms with Crippen LogP contribution in [0.15, 0.2) is 28.7 Å². The number of nitrogens with one attached hydrogen (secondary N) is 1.